The molecule has 266 valence electrons. The minimum atomic E-state index is -4.55. The highest BCUT2D eigenvalue weighted by Crippen LogP contribution is 2.40. The molecule has 1 aliphatic rings. The van der Waals surface area contributed by atoms with Gasteiger partial charge in [-0.3, -0.25) is 4.79 Å². The number of rotatable bonds is 14. The Bertz CT molecular complexity index is 1770. The average molecular weight is 698 g/mol. The summed E-state index contributed by atoms with van der Waals surface area (Å²) in [6, 6.07) is 16.2. The molecule has 1 aliphatic heterocycles. The average Bonchev–Trinajstić information content (AvgIpc) is 3.45. The maximum Gasteiger partial charge on any atom is 0.407 e. The van der Waals surface area contributed by atoms with Crippen LogP contribution in [0.4, 0.5) is 22.4 Å². The smallest absolute Gasteiger partial charge is 0.407 e. The van der Waals surface area contributed by atoms with E-state index in [1.165, 1.54) is 23.0 Å². The maximum absolute atomic E-state index is 15.3. The number of hydrogen-bond acceptors (Lipinski definition) is 7. The van der Waals surface area contributed by atoms with Crippen LogP contribution in [0.1, 0.15) is 67.9 Å². The molecule has 4 aromatic rings. The van der Waals surface area contributed by atoms with E-state index in [4.69, 9.17) is 14.2 Å². The number of carbonyl (C=O) groups is 2. The van der Waals surface area contributed by atoms with E-state index < -0.39 is 30.9 Å². The van der Waals surface area contributed by atoms with E-state index in [1.54, 1.807) is 55.6 Å². The van der Waals surface area contributed by atoms with Crippen molar-refractivity contribution in [1.82, 2.24) is 25.4 Å². The molecular weight excluding hydrogens is 658 g/mol. The van der Waals surface area contributed by atoms with Crippen LogP contribution in [0.25, 0.3) is 22.0 Å². The van der Waals surface area contributed by atoms with Crippen molar-refractivity contribution in [2.45, 2.75) is 57.3 Å². The van der Waals surface area contributed by atoms with Crippen molar-refractivity contribution in [1.29, 1.82) is 0 Å². The molecule has 0 spiro atoms. The summed E-state index contributed by atoms with van der Waals surface area (Å²) in [7, 11) is 1.56. The highest BCUT2D eigenvalue weighted by atomic mass is 19.4. The molecule has 2 N–H and O–H groups in total. The summed E-state index contributed by atoms with van der Waals surface area (Å²) in [5, 5.41) is 9.34. The van der Waals surface area contributed by atoms with Gasteiger partial charge in [0.1, 0.15) is 6.61 Å². The molecule has 3 heterocycles. The molecule has 1 unspecified atom stereocenters. The van der Waals surface area contributed by atoms with Gasteiger partial charge in [-0.05, 0) is 72.6 Å². The predicted octanol–water partition coefficient (Wildman–Crippen LogP) is 7.20. The quantitative estimate of drug-likeness (QED) is 0.0813. The van der Waals surface area contributed by atoms with Crippen LogP contribution in [0.15, 0.2) is 66.9 Å². The lowest BCUT2D eigenvalue weighted by Crippen LogP contribution is -2.29. The van der Waals surface area contributed by atoms with Crippen LogP contribution in [0.3, 0.4) is 0 Å². The maximum atomic E-state index is 15.3. The lowest BCUT2D eigenvalue weighted by molar-refractivity contribution is -0.123. The van der Waals surface area contributed by atoms with Gasteiger partial charge < -0.3 is 24.8 Å². The lowest BCUT2D eigenvalue weighted by Gasteiger charge is -2.23. The Hall–Kier alpha value is -4.98. The van der Waals surface area contributed by atoms with Crippen LogP contribution in [-0.4, -0.2) is 66.4 Å². The fourth-order valence-corrected chi connectivity index (χ4v) is 5.74. The van der Waals surface area contributed by atoms with E-state index >= 15 is 4.39 Å². The van der Waals surface area contributed by atoms with Gasteiger partial charge in [-0.25, -0.2) is 14.5 Å². The minimum absolute atomic E-state index is 0.00678. The van der Waals surface area contributed by atoms with Crippen LogP contribution in [0, 0.1) is 5.95 Å². The van der Waals surface area contributed by atoms with Crippen molar-refractivity contribution in [3.63, 3.8) is 0 Å². The largest absolute Gasteiger partial charge is 0.476 e. The number of amides is 2. The highest BCUT2D eigenvalue weighted by molar-refractivity contribution is 6.00. The number of carbonyl (C=O) groups excluding carboxylic acids is 2. The monoisotopic (exact) mass is 697 g/mol. The van der Waals surface area contributed by atoms with Crippen molar-refractivity contribution in [3.05, 3.63) is 89.5 Å². The molecule has 1 atom stereocenters. The molecule has 14 heteroatoms. The summed E-state index contributed by atoms with van der Waals surface area (Å²) in [4.78, 5) is 27.5. The van der Waals surface area contributed by atoms with Crippen LogP contribution < -0.4 is 15.4 Å². The SMILES string of the molecule is CNC(=O)CCCCOC(=O)NCCOc1ccc(/C(=C(/CC(F)(F)F)c2ccccc2)c2ccc3c(c2)c(F)nn3C2CCCCO2)cn1. The number of pyridine rings is 1. The third-order valence-electron chi connectivity index (χ3n) is 8.14. The van der Waals surface area contributed by atoms with Gasteiger partial charge in [-0.15, -0.1) is 5.10 Å². The second-order valence-electron chi connectivity index (χ2n) is 11.7. The van der Waals surface area contributed by atoms with Gasteiger partial charge in [0, 0.05) is 37.9 Å². The zero-order valence-electron chi connectivity index (χ0n) is 27.6. The molecule has 0 radical (unpaired) electrons. The Balaban J connectivity index is 1.36. The Morgan fingerprint density at radius 2 is 1.80 bits per heavy atom. The number of nitrogens with one attached hydrogen (secondary N) is 2. The number of ether oxygens (including phenoxy) is 3. The van der Waals surface area contributed by atoms with Gasteiger partial charge in [0.15, 0.2) is 6.23 Å². The first-order valence-electron chi connectivity index (χ1n) is 16.5. The van der Waals surface area contributed by atoms with Crippen molar-refractivity contribution < 1.29 is 41.4 Å². The van der Waals surface area contributed by atoms with E-state index in [0.717, 1.165) is 12.8 Å². The van der Waals surface area contributed by atoms with Gasteiger partial charge in [-0.1, -0.05) is 36.4 Å². The molecule has 1 saturated heterocycles. The van der Waals surface area contributed by atoms with Crippen molar-refractivity contribution in [2.24, 2.45) is 0 Å². The van der Waals surface area contributed by atoms with Gasteiger partial charge >= 0.3 is 12.3 Å². The van der Waals surface area contributed by atoms with Gasteiger partial charge in [-0.2, -0.15) is 17.6 Å². The summed E-state index contributed by atoms with van der Waals surface area (Å²) in [6.45, 7) is 0.864. The summed E-state index contributed by atoms with van der Waals surface area (Å²) >= 11 is 0. The third-order valence-corrected chi connectivity index (χ3v) is 8.14. The molecule has 50 heavy (non-hydrogen) atoms. The Kier molecular flexibility index (Phi) is 12.4. The zero-order chi connectivity index (χ0) is 35.5. The number of alkyl halides is 3. The molecule has 5 rings (SSSR count). The first-order valence-corrected chi connectivity index (χ1v) is 16.5. The fraction of sp³-hybridized carbons (Fsp3) is 0.389. The third kappa shape index (κ3) is 9.80. The van der Waals surface area contributed by atoms with E-state index in [1.807, 2.05) is 0 Å². The Morgan fingerprint density at radius 3 is 2.50 bits per heavy atom. The molecule has 0 saturated carbocycles. The molecule has 2 aromatic heterocycles. The Labute approximate surface area is 286 Å². The predicted molar refractivity (Wildman–Crippen MR) is 179 cm³/mol. The van der Waals surface area contributed by atoms with Crippen molar-refractivity contribution in [2.75, 3.05) is 33.4 Å². The van der Waals surface area contributed by atoms with Gasteiger partial charge in [0.25, 0.3) is 0 Å². The summed E-state index contributed by atoms with van der Waals surface area (Å²) in [5.74, 6) is -0.637. The number of unbranched alkanes of at least 4 members (excludes halogenated alkanes) is 1. The summed E-state index contributed by atoms with van der Waals surface area (Å²) in [6.07, 6.45) is -1.46. The molecule has 0 bridgehead atoms. The topological polar surface area (TPSA) is 117 Å². The number of fused-ring (bicyclic) bond motifs is 1. The standard InChI is InChI=1S/C36H39F4N5O5/c1-41-30(46)11-5-7-19-50-35(47)42-17-20-48-31-16-14-26(23-43-31)33(28(22-36(38,39)40)24-9-3-2-4-10-24)25-13-15-29-27(21-25)34(37)44-45(29)32-12-6-8-18-49-32/h2-4,9-10,13-16,21,23,32H,5-8,11-12,17-20,22H2,1H3,(H,41,46)(H,42,47)/b33-28-. The summed E-state index contributed by atoms with van der Waals surface area (Å²) < 4.78 is 75.8. The van der Waals surface area contributed by atoms with Crippen LogP contribution >= 0.6 is 0 Å². The molecular formula is C36H39F4N5O5. The highest BCUT2D eigenvalue weighted by Gasteiger charge is 2.32. The van der Waals surface area contributed by atoms with Crippen molar-refractivity contribution in [3.8, 4) is 5.88 Å². The molecule has 10 nitrogen and oxygen atoms in total. The number of alkyl carbamates (subject to hydrolysis) is 1. The normalized spacial score (nSPS) is 15.3. The van der Waals surface area contributed by atoms with E-state index in [9.17, 15) is 22.8 Å². The molecule has 1 fully saturated rings. The minimum Gasteiger partial charge on any atom is -0.476 e. The number of aromatic nitrogens is 3. The molecule has 0 aliphatic carbocycles. The number of allylic oxidation sites excluding steroid dienone is 1. The molecule has 2 amide bonds. The molecule has 2 aromatic carbocycles. The summed E-state index contributed by atoms with van der Waals surface area (Å²) in [5.41, 5.74) is 1.78. The van der Waals surface area contributed by atoms with Crippen LogP contribution in [-0.2, 0) is 14.3 Å². The second-order valence-corrected chi connectivity index (χ2v) is 11.7. The van der Waals surface area contributed by atoms with Crippen LogP contribution in [0.2, 0.25) is 0 Å². The second kappa shape index (κ2) is 17.1. The number of hydrogen-bond donors (Lipinski definition) is 2. The number of nitrogens with zero attached hydrogens (tertiary/aromatic N) is 3. The van der Waals surface area contributed by atoms with Crippen molar-refractivity contribution >= 4 is 34.0 Å². The first kappa shape index (κ1) is 36.3. The van der Waals surface area contributed by atoms with Gasteiger partial charge in [0.05, 0.1) is 30.5 Å². The zero-order valence-corrected chi connectivity index (χ0v) is 27.6. The number of halogens is 4. The van der Waals surface area contributed by atoms with E-state index in [-0.39, 0.29) is 48.1 Å². The fourth-order valence-electron chi connectivity index (χ4n) is 5.74. The Morgan fingerprint density at radius 1 is 1.00 bits per heavy atom. The first-order chi connectivity index (χ1) is 24.1. The van der Waals surface area contributed by atoms with E-state index in [0.29, 0.717) is 54.5 Å². The van der Waals surface area contributed by atoms with Crippen LogP contribution in [0.5, 0.6) is 5.88 Å². The number of benzene rings is 2. The van der Waals surface area contributed by atoms with Gasteiger partial charge in [0.2, 0.25) is 17.7 Å². The lowest BCUT2D eigenvalue weighted by atomic mass is 9.88. The van der Waals surface area contributed by atoms with E-state index in [2.05, 4.69) is 20.7 Å².